The van der Waals surface area contributed by atoms with Gasteiger partial charge in [-0.05, 0) is 33.1 Å². The summed E-state index contributed by atoms with van der Waals surface area (Å²) < 4.78 is 6.23. The Morgan fingerprint density at radius 2 is 1.73 bits per heavy atom. The van der Waals surface area contributed by atoms with Crippen LogP contribution in [0.15, 0.2) is 0 Å². The van der Waals surface area contributed by atoms with Gasteiger partial charge in [-0.15, -0.1) is 0 Å². The van der Waals surface area contributed by atoms with E-state index in [-0.39, 0.29) is 5.60 Å². The minimum absolute atomic E-state index is 0.108. The van der Waals surface area contributed by atoms with Crippen LogP contribution in [0, 0.1) is 0 Å². The van der Waals surface area contributed by atoms with Crippen molar-refractivity contribution in [1.29, 1.82) is 0 Å². The molecular weight excluding hydrogens is 184 g/mol. The van der Waals surface area contributed by atoms with Gasteiger partial charge in [0.15, 0.2) is 0 Å². The fraction of sp³-hybridized carbons (Fsp3) is 1.00. The Hall–Kier alpha value is -0.0400. The Kier molecular flexibility index (Phi) is 5.66. The molecule has 1 aliphatic rings. The van der Waals surface area contributed by atoms with Crippen LogP contribution in [-0.2, 0) is 4.74 Å². The fourth-order valence-electron chi connectivity index (χ4n) is 2.49. The van der Waals surface area contributed by atoms with Crippen LogP contribution in [0.5, 0.6) is 0 Å². The molecule has 0 unspecified atom stereocenters. The highest BCUT2D eigenvalue weighted by Crippen LogP contribution is 2.27. The van der Waals surface area contributed by atoms with Crippen molar-refractivity contribution in [3.8, 4) is 0 Å². The van der Waals surface area contributed by atoms with E-state index in [9.17, 15) is 0 Å². The van der Waals surface area contributed by atoms with Crippen molar-refractivity contribution in [3.63, 3.8) is 0 Å². The largest absolute Gasteiger partial charge is 0.372 e. The van der Waals surface area contributed by atoms with Gasteiger partial charge in [0.25, 0.3) is 0 Å². The van der Waals surface area contributed by atoms with Crippen molar-refractivity contribution in [2.24, 2.45) is 0 Å². The number of unbranched alkanes of at least 4 members (excludes halogenated alkanes) is 2. The molecule has 0 aromatic rings. The van der Waals surface area contributed by atoms with Gasteiger partial charge in [0, 0.05) is 0 Å². The number of ether oxygens (including phenoxy) is 1. The molecule has 0 atom stereocenters. The third-order valence-corrected chi connectivity index (χ3v) is 3.42. The third kappa shape index (κ3) is 5.55. The molecule has 1 fully saturated rings. The van der Waals surface area contributed by atoms with Gasteiger partial charge in [0.2, 0.25) is 0 Å². The van der Waals surface area contributed by atoms with Gasteiger partial charge in [-0.2, -0.15) is 0 Å². The molecule has 0 aliphatic heterocycles. The molecule has 0 saturated heterocycles. The number of hydrogen-bond donors (Lipinski definition) is 0. The van der Waals surface area contributed by atoms with Gasteiger partial charge in [-0.1, -0.05) is 45.4 Å². The van der Waals surface area contributed by atoms with E-state index in [4.69, 9.17) is 4.74 Å². The van der Waals surface area contributed by atoms with Crippen molar-refractivity contribution >= 4 is 0 Å². The molecule has 0 aromatic heterocycles. The van der Waals surface area contributed by atoms with E-state index in [0.29, 0.717) is 6.10 Å². The molecule has 90 valence electrons. The molecule has 1 nitrogen and oxygen atoms in total. The minimum atomic E-state index is 0.108. The molecule has 1 rings (SSSR count). The average molecular weight is 212 g/mol. The monoisotopic (exact) mass is 212 g/mol. The van der Waals surface area contributed by atoms with E-state index in [1.165, 1.54) is 57.8 Å². The van der Waals surface area contributed by atoms with Crippen molar-refractivity contribution in [2.45, 2.75) is 90.3 Å². The Labute approximate surface area is 95.6 Å². The summed E-state index contributed by atoms with van der Waals surface area (Å²) in [6, 6.07) is 0. The minimum Gasteiger partial charge on any atom is -0.372 e. The standard InChI is InChI=1S/C14H28O/c1-4-5-9-12-14(2,3)15-13-10-7-6-8-11-13/h13H,4-12H2,1-3H3. The lowest BCUT2D eigenvalue weighted by Gasteiger charge is -2.33. The summed E-state index contributed by atoms with van der Waals surface area (Å²) in [6.45, 7) is 6.78. The first kappa shape index (κ1) is 13.0. The van der Waals surface area contributed by atoms with Crippen LogP contribution < -0.4 is 0 Å². The Morgan fingerprint density at radius 1 is 1.07 bits per heavy atom. The highest BCUT2D eigenvalue weighted by Gasteiger charge is 2.24. The molecule has 1 aliphatic carbocycles. The van der Waals surface area contributed by atoms with Crippen molar-refractivity contribution in [1.82, 2.24) is 0 Å². The average Bonchev–Trinajstić information content (AvgIpc) is 2.18. The van der Waals surface area contributed by atoms with Crippen LogP contribution in [0.1, 0.15) is 78.6 Å². The molecule has 0 amide bonds. The molecule has 1 saturated carbocycles. The topological polar surface area (TPSA) is 9.23 Å². The van der Waals surface area contributed by atoms with Gasteiger partial charge < -0.3 is 4.74 Å². The lowest BCUT2D eigenvalue weighted by atomic mass is 9.95. The summed E-state index contributed by atoms with van der Waals surface area (Å²) in [4.78, 5) is 0. The van der Waals surface area contributed by atoms with Gasteiger partial charge >= 0.3 is 0 Å². The van der Waals surface area contributed by atoms with Crippen LogP contribution in [0.2, 0.25) is 0 Å². The Morgan fingerprint density at radius 3 is 2.33 bits per heavy atom. The van der Waals surface area contributed by atoms with Crippen LogP contribution in [0.3, 0.4) is 0 Å². The summed E-state index contributed by atoms with van der Waals surface area (Å²) in [5.41, 5.74) is 0.108. The SMILES string of the molecule is CCCCCC(C)(C)OC1CCCCC1. The van der Waals surface area contributed by atoms with E-state index in [2.05, 4.69) is 20.8 Å². The number of rotatable bonds is 6. The number of hydrogen-bond acceptors (Lipinski definition) is 1. The molecule has 0 aromatic carbocycles. The van der Waals surface area contributed by atoms with E-state index < -0.39 is 0 Å². The van der Waals surface area contributed by atoms with Crippen LogP contribution >= 0.6 is 0 Å². The van der Waals surface area contributed by atoms with Crippen LogP contribution in [-0.4, -0.2) is 11.7 Å². The normalized spacial score (nSPS) is 19.4. The summed E-state index contributed by atoms with van der Waals surface area (Å²) in [5, 5.41) is 0. The van der Waals surface area contributed by atoms with E-state index >= 15 is 0 Å². The van der Waals surface area contributed by atoms with Crippen molar-refractivity contribution in [3.05, 3.63) is 0 Å². The first-order valence-electron chi connectivity index (χ1n) is 6.82. The smallest absolute Gasteiger partial charge is 0.0630 e. The molecule has 0 bridgehead atoms. The Bertz CT molecular complexity index is 157. The second kappa shape index (κ2) is 6.52. The highest BCUT2D eigenvalue weighted by atomic mass is 16.5. The molecule has 0 spiro atoms. The van der Waals surface area contributed by atoms with Crippen molar-refractivity contribution in [2.75, 3.05) is 0 Å². The van der Waals surface area contributed by atoms with Crippen LogP contribution in [0.4, 0.5) is 0 Å². The molecular formula is C14H28O. The van der Waals surface area contributed by atoms with Gasteiger partial charge in [0.1, 0.15) is 0 Å². The van der Waals surface area contributed by atoms with Crippen LogP contribution in [0.25, 0.3) is 0 Å². The zero-order valence-electron chi connectivity index (χ0n) is 10.8. The summed E-state index contributed by atoms with van der Waals surface area (Å²) in [6.07, 6.45) is 12.5. The summed E-state index contributed by atoms with van der Waals surface area (Å²) >= 11 is 0. The molecule has 1 heteroatoms. The predicted molar refractivity (Wildman–Crippen MR) is 66.2 cm³/mol. The molecule has 0 radical (unpaired) electrons. The van der Waals surface area contributed by atoms with Crippen molar-refractivity contribution < 1.29 is 4.74 Å². The molecule has 0 N–H and O–H groups in total. The lowest BCUT2D eigenvalue weighted by molar-refractivity contribution is -0.0892. The fourth-order valence-corrected chi connectivity index (χ4v) is 2.49. The highest BCUT2D eigenvalue weighted by molar-refractivity contribution is 4.74. The second-order valence-electron chi connectivity index (χ2n) is 5.59. The van der Waals surface area contributed by atoms with E-state index in [1.54, 1.807) is 0 Å². The lowest BCUT2D eigenvalue weighted by Crippen LogP contribution is -2.31. The molecule has 15 heavy (non-hydrogen) atoms. The van der Waals surface area contributed by atoms with Gasteiger partial charge in [-0.25, -0.2) is 0 Å². The third-order valence-electron chi connectivity index (χ3n) is 3.42. The maximum atomic E-state index is 6.23. The zero-order chi connectivity index (χ0) is 11.1. The van der Waals surface area contributed by atoms with E-state index in [1.807, 2.05) is 0 Å². The van der Waals surface area contributed by atoms with Gasteiger partial charge in [-0.3, -0.25) is 0 Å². The second-order valence-corrected chi connectivity index (χ2v) is 5.59. The Balaban J connectivity index is 2.20. The summed E-state index contributed by atoms with van der Waals surface area (Å²) in [5.74, 6) is 0. The summed E-state index contributed by atoms with van der Waals surface area (Å²) in [7, 11) is 0. The quantitative estimate of drug-likeness (QED) is 0.580. The first-order chi connectivity index (χ1) is 7.14. The zero-order valence-corrected chi connectivity index (χ0v) is 10.8. The predicted octanol–water partition coefficient (Wildman–Crippen LogP) is 4.69. The maximum absolute atomic E-state index is 6.23. The maximum Gasteiger partial charge on any atom is 0.0630 e. The molecule has 0 heterocycles. The first-order valence-corrected chi connectivity index (χ1v) is 6.82. The van der Waals surface area contributed by atoms with Gasteiger partial charge in [0.05, 0.1) is 11.7 Å². The van der Waals surface area contributed by atoms with E-state index in [0.717, 1.165) is 0 Å².